The van der Waals surface area contributed by atoms with Gasteiger partial charge in [-0.25, -0.2) is 9.79 Å². The van der Waals surface area contributed by atoms with Crippen molar-refractivity contribution in [2.75, 3.05) is 20.3 Å². The van der Waals surface area contributed by atoms with Crippen LogP contribution in [0.25, 0.3) is 6.08 Å². The van der Waals surface area contributed by atoms with Crippen molar-refractivity contribution in [1.82, 2.24) is 4.57 Å². The summed E-state index contributed by atoms with van der Waals surface area (Å²) >= 11 is 1.27. The molecule has 0 unspecified atom stereocenters. The van der Waals surface area contributed by atoms with Crippen LogP contribution in [0.1, 0.15) is 51.3 Å². The van der Waals surface area contributed by atoms with Gasteiger partial charge < -0.3 is 18.9 Å². The third-order valence-corrected chi connectivity index (χ3v) is 7.10. The number of benzene rings is 2. The molecule has 0 spiro atoms. The first kappa shape index (κ1) is 27.2. The number of methoxy groups -OCH3 is 1. The number of esters is 1. The fourth-order valence-electron chi connectivity index (χ4n) is 4.10. The van der Waals surface area contributed by atoms with E-state index in [0.29, 0.717) is 39.6 Å². The summed E-state index contributed by atoms with van der Waals surface area (Å²) in [4.78, 5) is 31.4. The molecule has 0 fully saturated rings. The number of hydrogen-bond donors (Lipinski definition) is 0. The van der Waals surface area contributed by atoms with Gasteiger partial charge in [-0.3, -0.25) is 9.36 Å². The predicted octanol–water partition coefficient (Wildman–Crippen LogP) is 3.99. The van der Waals surface area contributed by atoms with Crippen LogP contribution in [-0.4, -0.2) is 37.0 Å². The molecule has 2 atom stereocenters. The lowest BCUT2D eigenvalue weighted by molar-refractivity contribution is -0.136. The Kier molecular flexibility index (Phi) is 8.68. The summed E-state index contributed by atoms with van der Waals surface area (Å²) in [5.41, 5.74) is 1.54. The number of fused-ring (bicyclic) bond motifs is 1. The summed E-state index contributed by atoms with van der Waals surface area (Å²) in [6.07, 6.45) is 4.33. The third-order valence-electron chi connectivity index (χ3n) is 6.10. The van der Waals surface area contributed by atoms with Gasteiger partial charge in [0.05, 0.1) is 42.6 Å². The minimum Gasteiger partial charge on any atom is -0.491 e. The summed E-state index contributed by atoms with van der Waals surface area (Å²) in [7, 11) is 1.31. The van der Waals surface area contributed by atoms with E-state index >= 15 is 0 Å². The molecule has 1 aromatic heterocycles. The first-order chi connectivity index (χ1) is 18.4. The van der Waals surface area contributed by atoms with E-state index in [-0.39, 0.29) is 17.2 Å². The molecule has 0 amide bonds. The molecule has 0 bridgehead atoms. The molecule has 0 saturated heterocycles. The average Bonchev–Trinajstić information content (AvgIpc) is 3.24. The van der Waals surface area contributed by atoms with Crippen LogP contribution in [-0.2, 0) is 9.53 Å². The number of thiazole rings is 1. The first-order valence-electron chi connectivity index (χ1n) is 12.7. The van der Waals surface area contributed by atoms with Gasteiger partial charge >= 0.3 is 5.97 Å². The fraction of sp³-hybridized carbons (Fsp3) is 0.345. The first-order valence-corrected chi connectivity index (χ1v) is 13.5. The zero-order chi connectivity index (χ0) is 27.2. The van der Waals surface area contributed by atoms with E-state index in [2.05, 4.69) is 11.9 Å². The van der Waals surface area contributed by atoms with Crippen molar-refractivity contribution in [1.29, 1.82) is 0 Å². The summed E-state index contributed by atoms with van der Waals surface area (Å²) < 4.78 is 24.4. The summed E-state index contributed by atoms with van der Waals surface area (Å²) in [5, 5.41) is 0. The second-order valence-electron chi connectivity index (χ2n) is 8.65. The maximum absolute atomic E-state index is 13.7. The smallest absolute Gasteiger partial charge is 0.337 e. The summed E-state index contributed by atoms with van der Waals surface area (Å²) in [6.45, 7) is 8.79. The van der Waals surface area contributed by atoms with E-state index < -0.39 is 12.0 Å². The minimum atomic E-state index is -0.734. The fourth-order valence-corrected chi connectivity index (χ4v) is 5.07. The van der Waals surface area contributed by atoms with Gasteiger partial charge in [0.15, 0.2) is 16.3 Å². The van der Waals surface area contributed by atoms with E-state index in [9.17, 15) is 9.59 Å². The zero-order valence-electron chi connectivity index (χ0n) is 22.2. The van der Waals surface area contributed by atoms with Crippen LogP contribution in [0.15, 0.2) is 64.0 Å². The Morgan fingerprint density at radius 3 is 2.45 bits per heavy atom. The molecule has 1 aliphatic heterocycles. The van der Waals surface area contributed by atoms with Crippen molar-refractivity contribution in [2.45, 2.75) is 46.3 Å². The van der Waals surface area contributed by atoms with Crippen molar-refractivity contribution in [3.63, 3.8) is 0 Å². The van der Waals surface area contributed by atoms with Crippen LogP contribution in [0.2, 0.25) is 0 Å². The lowest BCUT2D eigenvalue weighted by Crippen LogP contribution is -2.39. The highest BCUT2D eigenvalue weighted by atomic mass is 32.1. The predicted molar refractivity (Wildman–Crippen MR) is 147 cm³/mol. The SMILES string of the molecule is CCOc1ccc([C@@H]2C(C(=O)OC)=CN=c3s/c(=C\c4ccc(O[C@H](C)CC)cc4)c(=O)n32)cc1OCC. The van der Waals surface area contributed by atoms with Crippen LogP contribution in [0.5, 0.6) is 17.2 Å². The summed E-state index contributed by atoms with van der Waals surface area (Å²) in [6, 6.07) is 12.3. The van der Waals surface area contributed by atoms with Crippen molar-refractivity contribution in [3.8, 4) is 17.2 Å². The molecule has 0 saturated carbocycles. The van der Waals surface area contributed by atoms with E-state index in [1.807, 2.05) is 57.2 Å². The maximum Gasteiger partial charge on any atom is 0.337 e. The van der Waals surface area contributed by atoms with Crippen molar-refractivity contribution in [3.05, 3.63) is 85.1 Å². The van der Waals surface area contributed by atoms with Crippen molar-refractivity contribution in [2.24, 2.45) is 4.99 Å². The van der Waals surface area contributed by atoms with E-state index in [4.69, 9.17) is 18.9 Å². The molecule has 2 heterocycles. The molecule has 38 heavy (non-hydrogen) atoms. The number of nitrogens with zero attached hydrogens (tertiary/aromatic N) is 2. The molecule has 0 N–H and O–H groups in total. The molecule has 1 aliphatic rings. The van der Waals surface area contributed by atoms with Crippen molar-refractivity contribution >= 4 is 23.4 Å². The number of aromatic nitrogens is 1. The van der Waals surface area contributed by atoms with Gasteiger partial charge in [-0.1, -0.05) is 36.5 Å². The Bertz CT molecular complexity index is 1500. The molecular formula is C29H32N2O6S. The molecular weight excluding hydrogens is 504 g/mol. The topological polar surface area (TPSA) is 88.4 Å². The molecule has 8 nitrogen and oxygen atoms in total. The van der Waals surface area contributed by atoms with Crippen LogP contribution in [0, 0.1) is 0 Å². The number of carbonyl (C=O) groups excluding carboxylic acids is 1. The largest absolute Gasteiger partial charge is 0.491 e. The van der Waals surface area contributed by atoms with Crippen molar-refractivity contribution < 1.29 is 23.7 Å². The lowest BCUT2D eigenvalue weighted by Gasteiger charge is -2.23. The van der Waals surface area contributed by atoms with Crippen LogP contribution in [0.4, 0.5) is 0 Å². The highest BCUT2D eigenvalue weighted by Gasteiger charge is 2.31. The van der Waals surface area contributed by atoms with Crippen LogP contribution in [0.3, 0.4) is 0 Å². The van der Waals surface area contributed by atoms with E-state index in [0.717, 1.165) is 17.7 Å². The number of rotatable bonds is 10. The third kappa shape index (κ3) is 5.67. The monoisotopic (exact) mass is 536 g/mol. The number of carbonyl (C=O) groups is 1. The zero-order valence-corrected chi connectivity index (χ0v) is 23.0. The summed E-state index contributed by atoms with van der Waals surface area (Å²) in [5.74, 6) is 1.35. The van der Waals surface area contributed by atoms with Gasteiger partial charge in [-0.2, -0.15) is 0 Å². The Morgan fingerprint density at radius 1 is 1.08 bits per heavy atom. The minimum absolute atomic E-state index is 0.124. The van der Waals surface area contributed by atoms with Gasteiger partial charge in [0.2, 0.25) is 0 Å². The van der Waals surface area contributed by atoms with Gasteiger partial charge in [-0.05, 0) is 68.7 Å². The molecule has 0 aliphatic carbocycles. The Labute approximate surface area is 225 Å². The van der Waals surface area contributed by atoms with Gasteiger partial charge in [0.1, 0.15) is 5.75 Å². The van der Waals surface area contributed by atoms with E-state index in [1.165, 1.54) is 29.2 Å². The molecule has 2 aromatic carbocycles. The Hall–Kier alpha value is -3.85. The molecule has 9 heteroatoms. The van der Waals surface area contributed by atoms with Gasteiger partial charge in [-0.15, -0.1) is 0 Å². The molecule has 4 rings (SSSR count). The van der Waals surface area contributed by atoms with Gasteiger partial charge in [0.25, 0.3) is 5.56 Å². The number of hydrogen-bond acceptors (Lipinski definition) is 8. The molecule has 3 aromatic rings. The second-order valence-corrected chi connectivity index (χ2v) is 9.66. The van der Waals surface area contributed by atoms with Crippen LogP contribution >= 0.6 is 11.3 Å². The highest BCUT2D eigenvalue weighted by molar-refractivity contribution is 7.07. The van der Waals surface area contributed by atoms with E-state index in [1.54, 1.807) is 12.1 Å². The van der Waals surface area contributed by atoms with Crippen LogP contribution < -0.4 is 29.1 Å². The Balaban J connectivity index is 1.80. The lowest BCUT2D eigenvalue weighted by atomic mass is 9.97. The molecule has 200 valence electrons. The quantitative estimate of drug-likeness (QED) is 0.364. The maximum atomic E-state index is 13.7. The van der Waals surface area contributed by atoms with Gasteiger partial charge in [0, 0.05) is 6.20 Å². The second kappa shape index (κ2) is 12.1. The average molecular weight is 537 g/mol. The Morgan fingerprint density at radius 2 is 1.79 bits per heavy atom. The normalized spacial score (nSPS) is 15.7. The highest BCUT2D eigenvalue weighted by Crippen LogP contribution is 2.35. The molecule has 0 radical (unpaired) electrons. The standard InChI is InChI=1S/C29H32N2O6S/c1-6-18(4)37-21-12-9-19(10-13-21)15-25-27(32)31-26(22(28(33)34-5)17-30-29(31)38-25)20-11-14-23(35-7-2)24(16-20)36-8-3/h9-18,26H,6-8H2,1-5H3/b25-15-/t18-,26-/m1/s1. The number of ether oxygens (including phenoxy) is 4.